The topological polar surface area (TPSA) is 50.8 Å². The minimum atomic E-state index is 0.0128. The van der Waals surface area contributed by atoms with Gasteiger partial charge in [-0.05, 0) is 58.6 Å². The molecule has 0 atom stereocenters. The van der Waals surface area contributed by atoms with Gasteiger partial charge in [0.25, 0.3) is 5.91 Å². The molecule has 1 amide bonds. The number of benzene rings is 2. The van der Waals surface area contributed by atoms with Crippen molar-refractivity contribution in [1.29, 1.82) is 0 Å². The van der Waals surface area contributed by atoms with Crippen molar-refractivity contribution in [3.63, 3.8) is 0 Å². The summed E-state index contributed by atoms with van der Waals surface area (Å²) >= 11 is 3.53. The largest absolute Gasteiger partial charge is 0.493 e. The number of nitrogens with zero attached hydrogens (tertiary/aromatic N) is 1. The highest BCUT2D eigenvalue weighted by Gasteiger charge is 2.23. The summed E-state index contributed by atoms with van der Waals surface area (Å²) in [5.74, 6) is 1.37. The summed E-state index contributed by atoms with van der Waals surface area (Å²) in [6, 6.07) is 11.7. The number of nitrogens with one attached hydrogen (secondary N) is 1. The molecule has 0 fully saturated rings. The number of rotatable bonds is 6. The Balaban J connectivity index is 1.72. The van der Waals surface area contributed by atoms with Crippen molar-refractivity contribution in [2.45, 2.75) is 19.9 Å². The molecule has 25 heavy (non-hydrogen) atoms. The number of hydrazine groups is 1. The van der Waals surface area contributed by atoms with Crippen LogP contribution in [-0.4, -0.2) is 31.2 Å². The Morgan fingerprint density at radius 3 is 2.84 bits per heavy atom. The molecule has 1 aliphatic rings. The number of fused-ring (bicyclic) bond motifs is 1. The number of carbonyl (C=O) groups excluding carboxylic acids is 1. The van der Waals surface area contributed by atoms with Crippen LogP contribution in [0.3, 0.4) is 0 Å². The Morgan fingerprint density at radius 1 is 1.28 bits per heavy atom. The van der Waals surface area contributed by atoms with Crippen LogP contribution in [0.4, 0.5) is 0 Å². The molecule has 2 aromatic carbocycles. The monoisotopic (exact) mass is 404 g/mol. The first-order valence-corrected chi connectivity index (χ1v) is 9.05. The van der Waals surface area contributed by atoms with Crippen LogP contribution in [0.1, 0.15) is 28.4 Å². The molecule has 1 heterocycles. The molecule has 1 aliphatic heterocycles. The first kappa shape index (κ1) is 17.8. The number of methoxy groups -OCH3 is 1. The van der Waals surface area contributed by atoms with E-state index in [4.69, 9.17) is 9.47 Å². The maximum absolute atomic E-state index is 12.6. The van der Waals surface area contributed by atoms with Gasteiger partial charge in [-0.15, -0.1) is 0 Å². The average molecular weight is 405 g/mol. The lowest BCUT2D eigenvalue weighted by molar-refractivity contribution is 0.0633. The van der Waals surface area contributed by atoms with Crippen LogP contribution < -0.4 is 14.9 Å². The van der Waals surface area contributed by atoms with E-state index in [1.54, 1.807) is 12.1 Å². The van der Waals surface area contributed by atoms with Crippen molar-refractivity contribution in [1.82, 2.24) is 10.4 Å². The van der Waals surface area contributed by atoms with Gasteiger partial charge in [0.05, 0.1) is 18.2 Å². The molecule has 132 valence electrons. The first-order valence-electron chi connectivity index (χ1n) is 8.26. The van der Waals surface area contributed by atoms with E-state index in [1.807, 2.05) is 43.3 Å². The summed E-state index contributed by atoms with van der Waals surface area (Å²) < 4.78 is 11.9. The molecule has 0 saturated carbocycles. The normalized spacial score (nSPS) is 13.6. The average Bonchev–Trinajstić information content (AvgIpc) is 2.63. The van der Waals surface area contributed by atoms with Crippen LogP contribution >= 0.6 is 15.9 Å². The Labute approximate surface area is 156 Å². The van der Waals surface area contributed by atoms with E-state index in [0.29, 0.717) is 31.2 Å². The van der Waals surface area contributed by atoms with Crippen LogP contribution in [-0.2, 0) is 13.0 Å². The van der Waals surface area contributed by atoms with Gasteiger partial charge in [0, 0.05) is 18.7 Å². The molecule has 2 aromatic rings. The van der Waals surface area contributed by atoms with E-state index in [2.05, 4.69) is 21.4 Å². The molecule has 0 bridgehead atoms. The molecule has 3 rings (SSSR count). The number of amides is 1. The SMILES string of the molecule is CCOc1c(Br)cc(CNN2CCc3ccccc3C2=O)cc1OC. The predicted molar refractivity (Wildman–Crippen MR) is 99.9 cm³/mol. The van der Waals surface area contributed by atoms with Gasteiger partial charge < -0.3 is 9.47 Å². The predicted octanol–water partition coefficient (Wildman–Crippen LogP) is 3.56. The second-order valence-corrected chi connectivity index (χ2v) is 6.60. The van der Waals surface area contributed by atoms with E-state index in [0.717, 1.165) is 27.6 Å². The Hall–Kier alpha value is -2.05. The van der Waals surface area contributed by atoms with Gasteiger partial charge in [-0.25, -0.2) is 5.43 Å². The molecule has 0 unspecified atom stereocenters. The third kappa shape index (κ3) is 3.80. The maximum atomic E-state index is 12.6. The van der Waals surface area contributed by atoms with Crippen LogP contribution in [0.15, 0.2) is 40.9 Å². The fraction of sp³-hybridized carbons (Fsp3) is 0.316. The second-order valence-electron chi connectivity index (χ2n) is 5.74. The number of hydrogen-bond donors (Lipinski definition) is 1. The Bertz CT molecular complexity index is 779. The number of hydrogen-bond acceptors (Lipinski definition) is 4. The standard InChI is InChI=1S/C19H21BrN2O3/c1-3-25-18-16(20)10-13(11-17(18)24-2)12-21-22-9-8-14-6-4-5-7-15(14)19(22)23/h4-7,10-11,21H,3,8-9,12H2,1-2H3. The molecular formula is C19H21BrN2O3. The van der Waals surface area contributed by atoms with Crippen LogP contribution in [0, 0.1) is 0 Å². The lowest BCUT2D eigenvalue weighted by atomic mass is 10.0. The van der Waals surface area contributed by atoms with Gasteiger partial charge in [-0.1, -0.05) is 18.2 Å². The zero-order chi connectivity index (χ0) is 17.8. The maximum Gasteiger partial charge on any atom is 0.268 e. The molecule has 1 N–H and O–H groups in total. The fourth-order valence-electron chi connectivity index (χ4n) is 2.92. The summed E-state index contributed by atoms with van der Waals surface area (Å²) in [7, 11) is 1.62. The van der Waals surface area contributed by atoms with Crippen LogP contribution in [0.25, 0.3) is 0 Å². The highest BCUT2D eigenvalue weighted by atomic mass is 79.9. The molecule has 5 nitrogen and oxygen atoms in total. The van der Waals surface area contributed by atoms with Gasteiger partial charge in [0.15, 0.2) is 11.5 Å². The van der Waals surface area contributed by atoms with Crippen molar-refractivity contribution in [2.75, 3.05) is 20.3 Å². The minimum absolute atomic E-state index is 0.0128. The van der Waals surface area contributed by atoms with Gasteiger partial charge >= 0.3 is 0 Å². The third-order valence-corrected chi connectivity index (χ3v) is 4.74. The van der Waals surface area contributed by atoms with Gasteiger partial charge in [-0.3, -0.25) is 9.80 Å². The van der Waals surface area contributed by atoms with Gasteiger partial charge in [0.2, 0.25) is 0 Å². The number of ether oxygens (including phenoxy) is 2. The van der Waals surface area contributed by atoms with E-state index >= 15 is 0 Å². The molecule has 0 aromatic heterocycles. The molecule has 0 spiro atoms. The van der Waals surface area contributed by atoms with Crippen molar-refractivity contribution in [3.8, 4) is 11.5 Å². The van der Waals surface area contributed by atoms with E-state index in [1.165, 1.54) is 0 Å². The van der Waals surface area contributed by atoms with E-state index < -0.39 is 0 Å². The number of halogens is 1. The lowest BCUT2D eigenvalue weighted by Crippen LogP contribution is -2.46. The summed E-state index contributed by atoms with van der Waals surface area (Å²) in [6.07, 6.45) is 0.852. The summed E-state index contributed by atoms with van der Waals surface area (Å²) in [5.41, 5.74) is 6.10. The third-order valence-electron chi connectivity index (χ3n) is 4.15. The van der Waals surface area contributed by atoms with Gasteiger partial charge in [0.1, 0.15) is 0 Å². The fourth-order valence-corrected chi connectivity index (χ4v) is 3.53. The Morgan fingerprint density at radius 2 is 2.08 bits per heavy atom. The zero-order valence-corrected chi connectivity index (χ0v) is 15.9. The molecule has 0 radical (unpaired) electrons. The Kier molecular flexibility index (Phi) is 5.60. The van der Waals surface area contributed by atoms with Crippen LogP contribution in [0.5, 0.6) is 11.5 Å². The van der Waals surface area contributed by atoms with Gasteiger partial charge in [-0.2, -0.15) is 0 Å². The summed E-state index contributed by atoms with van der Waals surface area (Å²) in [5, 5.41) is 1.68. The molecular weight excluding hydrogens is 384 g/mol. The summed E-state index contributed by atoms with van der Waals surface area (Å²) in [6.45, 7) is 3.68. The van der Waals surface area contributed by atoms with Crippen molar-refractivity contribution < 1.29 is 14.3 Å². The minimum Gasteiger partial charge on any atom is -0.493 e. The van der Waals surface area contributed by atoms with Crippen molar-refractivity contribution >= 4 is 21.8 Å². The highest BCUT2D eigenvalue weighted by Crippen LogP contribution is 2.36. The first-order chi connectivity index (χ1) is 12.1. The quantitative estimate of drug-likeness (QED) is 0.799. The zero-order valence-electron chi connectivity index (χ0n) is 14.3. The molecule has 6 heteroatoms. The molecule has 0 aliphatic carbocycles. The van der Waals surface area contributed by atoms with Crippen molar-refractivity contribution in [2.24, 2.45) is 0 Å². The second kappa shape index (κ2) is 7.89. The van der Waals surface area contributed by atoms with E-state index in [9.17, 15) is 4.79 Å². The van der Waals surface area contributed by atoms with Crippen molar-refractivity contribution in [3.05, 3.63) is 57.6 Å². The van der Waals surface area contributed by atoms with E-state index in [-0.39, 0.29) is 5.91 Å². The number of carbonyl (C=O) groups is 1. The smallest absolute Gasteiger partial charge is 0.268 e. The summed E-state index contributed by atoms with van der Waals surface area (Å²) in [4.78, 5) is 12.6. The van der Waals surface area contributed by atoms with Crippen LogP contribution in [0.2, 0.25) is 0 Å². The molecule has 0 saturated heterocycles. The highest BCUT2D eigenvalue weighted by molar-refractivity contribution is 9.10. The lowest BCUT2D eigenvalue weighted by Gasteiger charge is -2.29.